The van der Waals surface area contributed by atoms with Gasteiger partial charge in [0.2, 0.25) is 0 Å². The minimum atomic E-state index is 0.0567. The van der Waals surface area contributed by atoms with Crippen molar-refractivity contribution < 1.29 is 4.79 Å². The summed E-state index contributed by atoms with van der Waals surface area (Å²) in [5.74, 6) is 0.0567. The van der Waals surface area contributed by atoms with Crippen LogP contribution in [-0.2, 0) is 13.6 Å². The highest BCUT2D eigenvalue weighted by molar-refractivity contribution is 6.31. The fraction of sp³-hybridized carbons (Fsp3) is 0.467. The molecule has 21 heavy (non-hydrogen) atoms. The van der Waals surface area contributed by atoms with E-state index in [1.807, 2.05) is 28.9 Å². The molecule has 3 rings (SSSR count). The van der Waals surface area contributed by atoms with Gasteiger partial charge in [-0.25, -0.2) is 0 Å². The van der Waals surface area contributed by atoms with Gasteiger partial charge in [0.1, 0.15) is 5.69 Å². The van der Waals surface area contributed by atoms with E-state index in [1.54, 1.807) is 23.0 Å². The molecule has 1 atom stereocenters. The summed E-state index contributed by atoms with van der Waals surface area (Å²) in [6.45, 7) is 1.55. The number of hydrogen-bond acceptors (Lipinski definition) is 2. The first-order valence-corrected chi connectivity index (χ1v) is 7.63. The molecule has 6 heteroatoms. The number of rotatable bonds is 3. The lowest BCUT2D eigenvalue weighted by Crippen LogP contribution is -2.46. The van der Waals surface area contributed by atoms with Gasteiger partial charge in [0.15, 0.2) is 0 Å². The first-order chi connectivity index (χ1) is 10.1. The van der Waals surface area contributed by atoms with Crippen LogP contribution in [0, 0.1) is 0 Å². The number of carbonyl (C=O) groups is 1. The largest absolute Gasteiger partial charge is 0.345 e. The third kappa shape index (κ3) is 2.97. The van der Waals surface area contributed by atoms with E-state index in [-0.39, 0.29) is 11.9 Å². The van der Waals surface area contributed by atoms with Crippen molar-refractivity contribution in [2.45, 2.75) is 31.8 Å². The second kappa shape index (κ2) is 5.93. The molecule has 0 aliphatic carbocycles. The topological polar surface area (TPSA) is 43.1 Å². The fourth-order valence-corrected chi connectivity index (χ4v) is 3.22. The van der Waals surface area contributed by atoms with Gasteiger partial charge in [-0.15, -0.1) is 0 Å². The first-order valence-electron chi connectivity index (χ1n) is 7.25. The van der Waals surface area contributed by atoms with Crippen LogP contribution in [-0.4, -0.2) is 37.7 Å². The van der Waals surface area contributed by atoms with Crippen LogP contribution < -0.4 is 0 Å². The van der Waals surface area contributed by atoms with Gasteiger partial charge in [-0.3, -0.25) is 9.48 Å². The molecule has 0 aromatic carbocycles. The minimum absolute atomic E-state index is 0.0567. The molecule has 0 bridgehead atoms. The lowest BCUT2D eigenvalue weighted by atomic mass is 10.0. The molecule has 112 valence electrons. The van der Waals surface area contributed by atoms with Crippen LogP contribution in [0.3, 0.4) is 0 Å². The van der Waals surface area contributed by atoms with Crippen molar-refractivity contribution in [1.29, 1.82) is 0 Å². The van der Waals surface area contributed by atoms with E-state index >= 15 is 0 Å². The number of carbonyl (C=O) groups excluding carboxylic acids is 1. The van der Waals surface area contributed by atoms with Crippen molar-refractivity contribution in [3.63, 3.8) is 0 Å². The number of halogens is 1. The van der Waals surface area contributed by atoms with Crippen molar-refractivity contribution in [3.8, 4) is 0 Å². The molecule has 1 saturated heterocycles. The maximum Gasteiger partial charge on any atom is 0.270 e. The van der Waals surface area contributed by atoms with Gasteiger partial charge in [-0.1, -0.05) is 11.6 Å². The van der Waals surface area contributed by atoms with Crippen LogP contribution in [0.25, 0.3) is 0 Å². The number of likely N-dealkylation sites (tertiary alicyclic amines) is 1. The molecule has 2 aromatic heterocycles. The van der Waals surface area contributed by atoms with E-state index < -0.39 is 0 Å². The summed E-state index contributed by atoms with van der Waals surface area (Å²) in [5, 5.41) is 4.85. The third-order valence-electron chi connectivity index (χ3n) is 4.04. The molecule has 3 heterocycles. The van der Waals surface area contributed by atoms with Crippen molar-refractivity contribution in [2.75, 3.05) is 6.54 Å². The molecular weight excluding hydrogens is 288 g/mol. The van der Waals surface area contributed by atoms with E-state index in [9.17, 15) is 4.79 Å². The zero-order valence-electron chi connectivity index (χ0n) is 12.1. The standard InChI is InChI=1S/C15H19ClN4O/c1-18-10-12(16)9-14(18)15(21)20-8-3-2-5-13(20)11-19-7-4-6-17-19/h4,6-7,9-10,13H,2-3,5,8,11H2,1H3. The van der Waals surface area contributed by atoms with E-state index in [2.05, 4.69) is 5.10 Å². The number of hydrogen-bond donors (Lipinski definition) is 0. The van der Waals surface area contributed by atoms with Gasteiger partial charge in [-0.2, -0.15) is 5.10 Å². The Labute approximate surface area is 129 Å². The van der Waals surface area contributed by atoms with E-state index in [0.717, 1.165) is 32.4 Å². The van der Waals surface area contributed by atoms with Gasteiger partial charge in [0, 0.05) is 32.2 Å². The Hall–Kier alpha value is -1.75. The summed E-state index contributed by atoms with van der Waals surface area (Å²) in [4.78, 5) is 14.8. The molecule has 1 aliphatic heterocycles. The van der Waals surface area contributed by atoms with Crippen LogP contribution in [0.1, 0.15) is 29.8 Å². The van der Waals surface area contributed by atoms with Gasteiger partial charge in [0.25, 0.3) is 5.91 Å². The Kier molecular flexibility index (Phi) is 4.01. The molecule has 0 N–H and O–H groups in total. The van der Waals surface area contributed by atoms with Gasteiger partial charge < -0.3 is 9.47 Å². The SMILES string of the molecule is Cn1cc(Cl)cc1C(=O)N1CCCCC1Cn1cccn1. The smallest absolute Gasteiger partial charge is 0.270 e. The lowest BCUT2D eigenvalue weighted by Gasteiger charge is -2.35. The summed E-state index contributed by atoms with van der Waals surface area (Å²) in [5.41, 5.74) is 0.646. The predicted octanol–water partition coefficient (Wildman–Crippen LogP) is 2.57. The minimum Gasteiger partial charge on any atom is -0.345 e. The number of nitrogens with zero attached hydrogens (tertiary/aromatic N) is 4. The highest BCUT2D eigenvalue weighted by Crippen LogP contribution is 2.22. The number of aromatic nitrogens is 3. The van der Waals surface area contributed by atoms with Gasteiger partial charge >= 0.3 is 0 Å². The summed E-state index contributed by atoms with van der Waals surface area (Å²) >= 11 is 5.99. The Balaban J connectivity index is 1.80. The Morgan fingerprint density at radius 1 is 1.48 bits per heavy atom. The van der Waals surface area contributed by atoms with Crippen molar-refractivity contribution in [2.24, 2.45) is 7.05 Å². The Morgan fingerprint density at radius 3 is 3.00 bits per heavy atom. The molecule has 0 spiro atoms. The number of amides is 1. The average molecular weight is 307 g/mol. The van der Waals surface area contributed by atoms with Crippen LogP contribution >= 0.6 is 11.6 Å². The second-order valence-corrected chi connectivity index (χ2v) is 5.97. The molecule has 0 saturated carbocycles. The van der Waals surface area contributed by atoms with Crippen molar-refractivity contribution in [1.82, 2.24) is 19.2 Å². The van der Waals surface area contributed by atoms with Crippen LogP contribution in [0.15, 0.2) is 30.7 Å². The third-order valence-corrected chi connectivity index (χ3v) is 4.24. The maximum atomic E-state index is 12.8. The zero-order valence-corrected chi connectivity index (χ0v) is 12.8. The van der Waals surface area contributed by atoms with Crippen molar-refractivity contribution in [3.05, 3.63) is 41.4 Å². The van der Waals surface area contributed by atoms with Gasteiger partial charge in [0.05, 0.1) is 17.6 Å². The summed E-state index contributed by atoms with van der Waals surface area (Å²) in [7, 11) is 1.85. The number of piperidine rings is 1. The van der Waals surface area contributed by atoms with E-state index in [1.165, 1.54) is 0 Å². The Morgan fingerprint density at radius 2 is 2.33 bits per heavy atom. The number of aryl methyl sites for hydroxylation is 1. The highest BCUT2D eigenvalue weighted by atomic mass is 35.5. The lowest BCUT2D eigenvalue weighted by molar-refractivity contribution is 0.0574. The normalized spacial score (nSPS) is 19.0. The molecular formula is C15H19ClN4O. The Bertz CT molecular complexity index is 620. The average Bonchev–Trinajstić information content (AvgIpc) is 3.08. The van der Waals surface area contributed by atoms with Gasteiger partial charge in [-0.05, 0) is 31.4 Å². The van der Waals surface area contributed by atoms with E-state index in [4.69, 9.17) is 11.6 Å². The summed E-state index contributed by atoms with van der Waals surface area (Å²) in [6, 6.07) is 3.84. The van der Waals surface area contributed by atoms with Crippen LogP contribution in [0.5, 0.6) is 0 Å². The quantitative estimate of drug-likeness (QED) is 0.874. The second-order valence-electron chi connectivity index (χ2n) is 5.53. The molecule has 1 fully saturated rings. The zero-order chi connectivity index (χ0) is 14.8. The highest BCUT2D eigenvalue weighted by Gasteiger charge is 2.29. The molecule has 1 amide bonds. The van der Waals surface area contributed by atoms with Crippen molar-refractivity contribution >= 4 is 17.5 Å². The van der Waals surface area contributed by atoms with E-state index in [0.29, 0.717) is 10.7 Å². The van der Waals surface area contributed by atoms with Crippen LogP contribution in [0.4, 0.5) is 0 Å². The van der Waals surface area contributed by atoms with Crippen LogP contribution in [0.2, 0.25) is 5.02 Å². The predicted molar refractivity (Wildman–Crippen MR) is 81.3 cm³/mol. The molecule has 2 aromatic rings. The molecule has 1 aliphatic rings. The molecule has 0 radical (unpaired) electrons. The summed E-state index contributed by atoms with van der Waals surface area (Å²) in [6.07, 6.45) is 8.71. The molecule has 1 unspecified atom stereocenters. The monoisotopic (exact) mass is 306 g/mol. The maximum absolute atomic E-state index is 12.8. The summed E-state index contributed by atoms with van der Waals surface area (Å²) < 4.78 is 3.69. The first kappa shape index (κ1) is 14.2. The molecule has 5 nitrogen and oxygen atoms in total. The fourth-order valence-electron chi connectivity index (χ4n) is 2.97.